The van der Waals surface area contributed by atoms with Crippen molar-refractivity contribution in [3.05, 3.63) is 86.4 Å². The van der Waals surface area contributed by atoms with Crippen LogP contribution in [0.5, 0.6) is 0 Å². The smallest absolute Gasteiger partial charge is 0.361 e. The molecule has 2 aromatic carbocycles. The van der Waals surface area contributed by atoms with E-state index < -0.39 is 22.9 Å². The number of ether oxygens (including phenoxy) is 1. The lowest BCUT2D eigenvalue weighted by Gasteiger charge is -2.44. The second-order valence-electron chi connectivity index (χ2n) is 8.27. The first-order chi connectivity index (χ1) is 16.8. The van der Waals surface area contributed by atoms with Gasteiger partial charge in [-0.15, -0.1) is 11.8 Å². The third-order valence-electron chi connectivity index (χ3n) is 5.94. The van der Waals surface area contributed by atoms with Gasteiger partial charge in [0.05, 0.1) is 23.0 Å². The monoisotopic (exact) mass is 495 g/mol. The zero-order valence-electron chi connectivity index (χ0n) is 19.0. The molecule has 4 rings (SSSR count). The number of fused-ring (bicyclic) bond motifs is 1. The lowest BCUT2D eigenvalue weighted by molar-refractivity contribution is -0.384. The number of nitrogens with zero attached hydrogens (tertiary/aromatic N) is 2. The molecule has 35 heavy (non-hydrogen) atoms. The summed E-state index contributed by atoms with van der Waals surface area (Å²) in [6.07, 6.45) is 1.26. The van der Waals surface area contributed by atoms with E-state index in [-0.39, 0.29) is 29.1 Å². The number of nitrogens with two attached hydrogens (primary N) is 1. The molecule has 10 heteroatoms. The second-order valence-corrected chi connectivity index (χ2v) is 9.46. The van der Waals surface area contributed by atoms with E-state index in [4.69, 9.17) is 10.5 Å². The number of aliphatic hydroxyl groups excluding tert-OH is 1. The number of hydrogen-bond acceptors (Lipinski definition) is 8. The van der Waals surface area contributed by atoms with Gasteiger partial charge in [-0.05, 0) is 30.7 Å². The first-order valence-electron chi connectivity index (χ1n) is 11.1. The van der Waals surface area contributed by atoms with Crippen molar-refractivity contribution in [3.8, 4) is 0 Å². The minimum atomic E-state index is -0.818. The third kappa shape index (κ3) is 5.00. The van der Waals surface area contributed by atoms with Crippen LogP contribution in [0.1, 0.15) is 24.5 Å². The van der Waals surface area contributed by atoms with Crippen LogP contribution in [0.2, 0.25) is 0 Å². The fourth-order valence-electron chi connectivity index (χ4n) is 4.30. The summed E-state index contributed by atoms with van der Waals surface area (Å²) in [4.78, 5) is 38.8. The van der Waals surface area contributed by atoms with E-state index in [1.54, 1.807) is 49.4 Å². The summed E-state index contributed by atoms with van der Waals surface area (Å²) < 4.78 is 5.84. The van der Waals surface area contributed by atoms with Crippen molar-refractivity contribution in [1.29, 1.82) is 0 Å². The zero-order chi connectivity index (χ0) is 25.1. The van der Waals surface area contributed by atoms with Crippen molar-refractivity contribution in [2.24, 2.45) is 11.7 Å². The highest BCUT2D eigenvalue weighted by Crippen LogP contribution is 2.47. The molecule has 0 aromatic heterocycles. The average molecular weight is 496 g/mol. The lowest BCUT2D eigenvalue weighted by Crippen LogP contribution is -2.61. The van der Waals surface area contributed by atoms with Gasteiger partial charge in [0.15, 0.2) is 0 Å². The van der Waals surface area contributed by atoms with Gasteiger partial charge >= 0.3 is 5.97 Å². The number of aliphatic hydroxyl groups is 1. The molecular weight excluding hydrogens is 470 g/mol. The number of β-lactam (4-membered cyclic amide) rings is 1. The number of nitro groups is 1. The predicted molar refractivity (Wildman–Crippen MR) is 132 cm³/mol. The number of carbonyl (C=O) groups is 2. The van der Waals surface area contributed by atoms with Crippen molar-refractivity contribution in [3.63, 3.8) is 0 Å². The van der Waals surface area contributed by atoms with Crippen molar-refractivity contribution in [1.82, 2.24) is 4.90 Å². The quantitative estimate of drug-likeness (QED) is 0.135. The molecule has 2 aliphatic heterocycles. The Balaban J connectivity index is 1.66. The van der Waals surface area contributed by atoms with Crippen molar-refractivity contribution in [2.45, 2.75) is 25.5 Å². The summed E-state index contributed by atoms with van der Waals surface area (Å²) in [6, 6.07) is 14.6. The Bertz CT molecular complexity index is 1190. The first-order valence-corrected chi connectivity index (χ1v) is 12.1. The number of rotatable bonds is 9. The van der Waals surface area contributed by atoms with Gasteiger partial charge in [0.2, 0.25) is 5.91 Å². The minimum absolute atomic E-state index is 0.0481. The van der Waals surface area contributed by atoms with Crippen molar-refractivity contribution < 1.29 is 24.4 Å². The van der Waals surface area contributed by atoms with E-state index >= 15 is 0 Å². The second kappa shape index (κ2) is 10.4. The van der Waals surface area contributed by atoms with Gasteiger partial charge in [0.25, 0.3) is 5.69 Å². The molecule has 3 atom stereocenters. The maximum absolute atomic E-state index is 13.4. The van der Waals surface area contributed by atoms with Gasteiger partial charge in [0, 0.05) is 41.3 Å². The predicted octanol–water partition coefficient (Wildman–Crippen LogP) is 3.15. The Morgan fingerprint density at radius 2 is 1.97 bits per heavy atom. The molecule has 0 spiro atoms. The Labute approximate surface area is 206 Å². The van der Waals surface area contributed by atoms with Crippen LogP contribution >= 0.6 is 11.8 Å². The fraction of sp³-hybridized carbons (Fsp3) is 0.280. The van der Waals surface area contributed by atoms with Crippen LogP contribution in [0.3, 0.4) is 0 Å². The van der Waals surface area contributed by atoms with Crippen LogP contribution < -0.4 is 5.73 Å². The van der Waals surface area contributed by atoms with Crippen molar-refractivity contribution >= 4 is 41.2 Å². The van der Waals surface area contributed by atoms with Crippen LogP contribution in [0, 0.1) is 16.0 Å². The number of hydrogen-bond donors (Lipinski definition) is 2. The third-order valence-corrected chi connectivity index (χ3v) is 7.09. The first kappa shape index (κ1) is 24.6. The molecule has 2 aliphatic rings. The van der Waals surface area contributed by atoms with Crippen LogP contribution in [0.25, 0.3) is 11.8 Å². The number of thioether (sulfide) groups is 1. The number of nitro benzene ring substituents is 1. The molecule has 0 unspecified atom stereocenters. The highest BCUT2D eigenvalue weighted by atomic mass is 32.2. The van der Waals surface area contributed by atoms with Crippen LogP contribution in [-0.4, -0.2) is 51.2 Å². The van der Waals surface area contributed by atoms with Gasteiger partial charge in [-0.25, -0.2) is 4.79 Å². The summed E-state index contributed by atoms with van der Waals surface area (Å²) in [5, 5.41) is 21.0. The molecule has 3 N–H and O–H groups in total. The highest BCUT2D eigenvalue weighted by molar-refractivity contribution is 8.03. The molecule has 0 bridgehead atoms. The number of carbonyl (C=O) groups excluding carboxylic acids is 2. The van der Waals surface area contributed by atoms with E-state index in [1.807, 2.05) is 6.07 Å². The van der Waals surface area contributed by atoms with Crippen molar-refractivity contribution in [2.75, 3.05) is 12.3 Å². The standard InChI is InChI=1S/C25H25N3O6S/c1-15(29)22-19-14-21(35-12-11-26)23(27(19)24(22)30)25(31)34-20(17-5-3-2-4-6-17)13-16-7-9-18(10-8-16)28(32)33/h2-10,13,15,19,22,29H,11-12,14,26H2,1H3/b20-13+/t15-,19-,22-/m1/s1. The molecule has 9 nitrogen and oxygen atoms in total. The van der Waals surface area contributed by atoms with Crippen LogP contribution in [-0.2, 0) is 14.3 Å². The highest BCUT2D eigenvalue weighted by Gasteiger charge is 2.57. The molecule has 182 valence electrons. The normalized spacial score (nSPS) is 20.4. The zero-order valence-corrected chi connectivity index (χ0v) is 19.8. The number of amides is 1. The fourth-order valence-corrected chi connectivity index (χ4v) is 5.27. The topological polar surface area (TPSA) is 136 Å². The number of non-ortho nitro benzene ring substituents is 1. The Morgan fingerprint density at radius 3 is 2.57 bits per heavy atom. The minimum Gasteiger partial charge on any atom is -0.421 e. The average Bonchev–Trinajstić information content (AvgIpc) is 3.17. The summed E-state index contributed by atoms with van der Waals surface area (Å²) in [6.45, 7) is 1.98. The number of benzene rings is 2. The molecule has 0 saturated carbocycles. The van der Waals surface area contributed by atoms with Crippen LogP contribution in [0.4, 0.5) is 5.69 Å². The van der Waals surface area contributed by atoms with Gasteiger partial charge in [-0.3, -0.25) is 14.9 Å². The molecule has 2 aromatic rings. The largest absolute Gasteiger partial charge is 0.421 e. The maximum atomic E-state index is 13.4. The summed E-state index contributed by atoms with van der Waals surface area (Å²) in [5.41, 5.74) is 7.02. The Kier molecular flexibility index (Phi) is 7.34. The van der Waals surface area contributed by atoms with E-state index in [1.165, 1.54) is 28.8 Å². The van der Waals surface area contributed by atoms with E-state index in [2.05, 4.69) is 0 Å². The molecular formula is C25H25N3O6S. The Morgan fingerprint density at radius 1 is 1.29 bits per heavy atom. The molecule has 1 saturated heterocycles. The molecule has 1 amide bonds. The van der Waals surface area contributed by atoms with Gasteiger partial charge in [-0.2, -0.15) is 0 Å². The van der Waals surface area contributed by atoms with Gasteiger partial charge < -0.3 is 20.5 Å². The summed E-state index contributed by atoms with van der Waals surface area (Å²) >= 11 is 1.41. The molecule has 0 aliphatic carbocycles. The lowest BCUT2D eigenvalue weighted by atomic mass is 9.83. The van der Waals surface area contributed by atoms with Gasteiger partial charge in [-0.1, -0.05) is 30.3 Å². The number of esters is 1. The molecule has 1 fully saturated rings. The van der Waals surface area contributed by atoms with Crippen LogP contribution in [0.15, 0.2) is 65.2 Å². The van der Waals surface area contributed by atoms with E-state index in [9.17, 15) is 24.8 Å². The van der Waals surface area contributed by atoms with E-state index in [0.29, 0.717) is 34.8 Å². The maximum Gasteiger partial charge on any atom is 0.361 e. The SMILES string of the molecule is C[C@@H](O)[C@H]1C(=O)N2C(C(=O)O/C(=C/c3ccc([N+](=O)[O-])cc3)c3ccccc3)=C(SCCN)C[C@H]12. The van der Waals surface area contributed by atoms with Gasteiger partial charge in [0.1, 0.15) is 11.5 Å². The summed E-state index contributed by atoms with van der Waals surface area (Å²) in [5.74, 6) is -0.728. The van der Waals surface area contributed by atoms with E-state index in [0.717, 1.165) is 0 Å². The Hall–Kier alpha value is -3.47. The summed E-state index contributed by atoms with van der Waals surface area (Å²) in [7, 11) is 0. The molecule has 2 heterocycles. The molecule has 0 radical (unpaired) electrons.